The van der Waals surface area contributed by atoms with Gasteiger partial charge in [-0.05, 0) is 18.6 Å². The molecule has 3 aliphatic heterocycles. The minimum absolute atomic E-state index is 0.0225. The minimum atomic E-state index is -3.05. The molecule has 0 radical (unpaired) electrons. The van der Waals surface area contributed by atoms with Crippen molar-refractivity contribution >= 4 is 27.3 Å². The number of rotatable bonds is 3. The molecule has 1 aromatic rings. The van der Waals surface area contributed by atoms with Gasteiger partial charge in [0.05, 0.1) is 17.4 Å². The van der Waals surface area contributed by atoms with Crippen molar-refractivity contribution in [2.24, 2.45) is 5.92 Å². The maximum atomic E-state index is 12.4. The van der Waals surface area contributed by atoms with Crippen molar-refractivity contribution < 1.29 is 27.5 Å². The van der Waals surface area contributed by atoms with Crippen molar-refractivity contribution in [3.8, 4) is 11.5 Å². The highest BCUT2D eigenvalue weighted by Gasteiger charge is 2.37. The first-order valence-electron chi connectivity index (χ1n) is 8.12. The molecular formula is C16H18N2O6S. The van der Waals surface area contributed by atoms with E-state index in [0.717, 1.165) is 0 Å². The lowest BCUT2D eigenvalue weighted by atomic mass is 10.1. The molecule has 3 heterocycles. The van der Waals surface area contributed by atoms with Crippen LogP contribution >= 0.6 is 0 Å². The summed E-state index contributed by atoms with van der Waals surface area (Å²) in [5.74, 6) is 0.398. The number of ether oxygens (including phenoxy) is 2. The standard InChI is InChI=1S/C16H18N2O6S/c19-15-5-10(16(20)17-11-3-4-25(21,22)8-11)7-18(15)12-1-2-13-14(6-12)24-9-23-13/h1-2,6,10-11H,3-5,7-9H2,(H,17,20). The van der Waals surface area contributed by atoms with E-state index >= 15 is 0 Å². The van der Waals surface area contributed by atoms with Gasteiger partial charge in [-0.1, -0.05) is 0 Å². The van der Waals surface area contributed by atoms with Gasteiger partial charge in [-0.15, -0.1) is 0 Å². The third kappa shape index (κ3) is 3.15. The average Bonchev–Trinajstić information content (AvgIpc) is 3.25. The predicted octanol–water partition coefficient (Wildman–Crippen LogP) is 0.0715. The van der Waals surface area contributed by atoms with Crippen LogP contribution in [0.15, 0.2) is 18.2 Å². The van der Waals surface area contributed by atoms with Gasteiger partial charge in [-0.3, -0.25) is 9.59 Å². The Morgan fingerprint density at radius 2 is 2.04 bits per heavy atom. The zero-order valence-corrected chi connectivity index (χ0v) is 14.3. The van der Waals surface area contributed by atoms with E-state index in [0.29, 0.717) is 23.6 Å². The van der Waals surface area contributed by atoms with E-state index in [1.165, 1.54) is 0 Å². The molecule has 9 heteroatoms. The maximum absolute atomic E-state index is 12.4. The summed E-state index contributed by atoms with van der Waals surface area (Å²) in [5, 5.41) is 2.77. The van der Waals surface area contributed by atoms with Gasteiger partial charge in [0.15, 0.2) is 21.3 Å². The fourth-order valence-electron chi connectivity index (χ4n) is 3.41. The number of hydrogen-bond donors (Lipinski definition) is 1. The van der Waals surface area contributed by atoms with Gasteiger partial charge in [0.2, 0.25) is 18.6 Å². The molecule has 8 nitrogen and oxygen atoms in total. The Labute approximate surface area is 145 Å². The van der Waals surface area contributed by atoms with Crippen molar-refractivity contribution in [3.05, 3.63) is 18.2 Å². The molecule has 2 atom stereocenters. The summed E-state index contributed by atoms with van der Waals surface area (Å²) in [6.45, 7) is 0.422. The van der Waals surface area contributed by atoms with Crippen LogP contribution in [0.4, 0.5) is 5.69 Å². The Morgan fingerprint density at radius 1 is 1.24 bits per heavy atom. The van der Waals surface area contributed by atoms with Crippen LogP contribution in [0.1, 0.15) is 12.8 Å². The summed E-state index contributed by atoms with van der Waals surface area (Å²) in [6, 6.07) is 4.87. The van der Waals surface area contributed by atoms with Crippen LogP contribution in [-0.2, 0) is 19.4 Å². The molecule has 2 saturated heterocycles. The van der Waals surface area contributed by atoms with Gasteiger partial charge in [-0.2, -0.15) is 0 Å². The predicted molar refractivity (Wildman–Crippen MR) is 88.2 cm³/mol. The van der Waals surface area contributed by atoms with Gasteiger partial charge in [0.25, 0.3) is 0 Å². The molecule has 3 aliphatic rings. The average molecular weight is 366 g/mol. The van der Waals surface area contributed by atoms with Crippen LogP contribution < -0.4 is 19.7 Å². The molecule has 0 bridgehead atoms. The summed E-state index contributed by atoms with van der Waals surface area (Å²) >= 11 is 0. The fourth-order valence-corrected chi connectivity index (χ4v) is 5.09. The molecule has 2 fully saturated rings. The molecular weight excluding hydrogens is 348 g/mol. The third-order valence-electron chi connectivity index (χ3n) is 4.74. The monoisotopic (exact) mass is 366 g/mol. The summed E-state index contributed by atoms with van der Waals surface area (Å²) in [6.07, 6.45) is 0.542. The normalized spacial score (nSPS) is 26.9. The molecule has 1 aromatic carbocycles. The highest BCUT2D eigenvalue weighted by Crippen LogP contribution is 2.37. The molecule has 2 amide bonds. The second-order valence-corrected chi connectivity index (χ2v) is 8.78. The Hall–Kier alpha value is -2.29. The lowest BCUT2D eigenvalue weighted by molar-refractivity contribution is -0.126. The summed E-state index contributed by atoms with van der Waals surface area (Å²) in [7, 11) is -3.05. The largest absolute Gasteiger partial charge is 0.454 e. The molecule has 0 saturated carbocycles. The smallest absolute Gasteiger partial charge is 0.231 e. The van der Waals surface area contributed by atoms with E-state index in [2.05, 4.69) is 5.32 Å². The molecule has 134 valence electrons. The fraction of sp³-hybridized carbons (Fsp3) is 0.500. The first-order chi connectivity index (χ1) is 11.9. The zero-order chi connectivity index (χ0) is 17.6. The van der Waals surface area contributed by atoms with Gasteiger partial charge < -0.3 is 19.7 Å². The third-order valence-corrected chi connectivity index (χ3v) is 6.51. The summed E-state index contributed by atoms with van der Waals surface area (Å²) in [5.41, 5.74) is 0.660. The Balaban J connectivity index is 1.42. The number of hydrogen-bond acceptors (Lipinski definition) is 6. The lowest BCUT2D eigenvalue weighted by Crippen LogP contribution is -2.40. The highest BCUT2D eigenvalue weighted by molar-refractivity contribution is 7.91. The molecule has 25 heavy (non-hydrogen) atoms. The van der Waals surface area contributed by atoms with Crippen molar-refractivity contribution in [1.82, 2.24) is 5.32 Å². The van der Waals surface area contributed by atoms with Crippen LogP contribution in [0.25, 0.3) is 0 Å². The van der Waals surface area contributed by atoms with Crippen LogP contribution in [0, 0.1) is 5.92 Å². The Morgan fingerprint density at radius 3 is 2.80 bits per heavy atom. The Kier molecular flexibility index (Phi) is 3.82. The number of benzene rings is 1. The van der Waals surface area contributed by atoms with E-state index in [1.807, 2.05) is 0 Å². The second-order valence-electron chi connectivity index (χ2n) is 6.55. The van der Waals surface area contributed by atoms with Crippen LogP contribution in [0.2, 0.25) is 0 Å². The molecule has 4 rings (SSSR count). The van der Waals surface area contributed by atoms with E-state index < -0.39 is 15.8 Å². The maximum Gasteiger partial charge on any atom is 0.231 e. The quantitative estimate of drug-likeness (QED) is 0.812. The molecule has 0 aliphatic carbocycles. The molecule has 1 N–H and O–H groups in total. The number of carbonyl (C=O) groups excluding carboxylic acids is 2. The van der Waals surface area contributed by atoms with Gasteiger partial charge >= 0.3 is 0 Å². The van der Waals surface area contributed by atoms with Crippen molar-refractivity contribution in [2.75, 3.05) is 29.7 Å². The minimum Gasteiger partial charge on any atom is -0.454 e. The molecule has 2 unspecified atom stereocenters. The second kappa shape index (κ2) is 5.91. The first kappa shape index (κ1) is 16.2. The number of amides is 2. The number of nitrogens with zero attached hydrogens (tertiary/aromatic N) is 1. The van der Waals surface area contributed by atoms with E-state index in [-0.39, 0.29) is 49.1 Å². The topological polar surface area (TPSA) is 102 Å². The van der Waals surface area contributed by atoms with Crippen molar-refractivity contribution in [3.63, 3.8) is 0 Å². The SMILES string of the molecule is O=C(NC1CCS(=O)(=O)C1)C1CC(=O)N(c2ccc3c(c2)OCO3)C1. The number of anilines is 1. The Bertz CT molecular complexity index is 837. The highest BCUT2D eigenvalue weighted by atomic mass is 32.2. The molecule has 0 spiro atoms. The van der Waals surface area contributed by atoms with Crippen LogP contribution in [0.5, 0.6) is 11.5 Å². The summed E-state index contributed by atoms with van der Waals surface area (Å²) in [4.78, 5) is 26.3. The molecule has 0 aromatic heterocycles. The van der Waals surface area contributed by atoms with Crippen LogP contribution in [-0.4, -0.2) is 51.1 Å². The first-order valence-corrected chi connectivity index (χ1v) is 9.94. The summed E-state index contributed by atoms with van der Waals surface area (Å²) < 4.78 is 33.6. The van der Waals surface area contributed by atoms with E-state index in [9.17, 15) is 18.0 Å². The zero-order valence-electron chi connectivity index (χ0n) is 13.4. The van der Waals surface area contributed by atoms with E-state index in [1.54, 1.807) is 23.1 Å². The number of carbonyl (C=O) groups is 2. The lowest BCUT2D eigenvalue weighted by Gasteiger charge is -2.18. The van der Waals surface area contributed by atoms with Gasteiger partial charge in [-0.25, -0.2) is 8.42 Å². The van der Waals surface area contributed by atoms with Crippen molar-refractivity contribution in [1.29, 1.82) is 0 Å². The van der Waals surface area contributed by atoms with Gasteiger partial charge in [0.1, 0.15) is 0 Å². The van der Waals surface area contributed by atoms with Gasteiger partial charge in [0, 0.05) is 30.8 Å². The van der Waals surface area contributed by atoms with Crippen LogP contribution in [0.3, 0.4) is 0 Å². The number of sulfone groups is 1. The van der Waals surface area contributed by atoms with Crippen molar-refractivity contribution in [2.45, 2.75) is 18.9 Å². The number of nitrogens with one attached hydrogen (secondary N) is 1. The number of fused-ring (bicyclic) bond motifs is 1. The van der Waals surface area contributed by atoms with E-state index in [4.69, 9.17) is 9.47 Å².